The molecule has 0 N–H and O–H groups in total. The predicted octanol–water partition coefficient (Wildman–Crippen LogP) is 3.01. The first-order valence-electron chi connectivity index (χ1n) is 2.33. The standard InChI is InChI=1S/C4H4F5I/c5-2(1-3(6)10)4(7,8)9/h2-3H,1H2. The minimum atomic E-state index is -4.92. The number of hydrogen-bond acceptors (Lipinski definition) is 0. The zero-order valence-corrected chi connectivity index (χ0v) is 6.79. The van der Waals surface area contributed by atoms with E-state index >= 15 is 0 Å². The van der Waals surface area contributed by atoms with Crippen molar-refractivity contribution >= 4 is 22.6 Å². The van der Waals surface area contributed by atoms with Crippen molar-refractivity contribution in [1.29, 1.82) is 0 Å². The maximum absolute atomic E-state index is 11.8. The van der Waals surface area contributed by atoms with Crippen LogP contribution in [0.4, 0.5) is 22.0 Å². The van der Waals surface area contributed by atoms with Crippen molar-refractivity contribution < 1.29 is 22.0 Å². The van der Waals surface area contributed by atoms with Crippen LogP contribution < -0.4 is 0 Å². The lowest BCUT2D eigenvalue weighted by molar-refractivity contribution is -0.183. The van der Waals surface area contributed by atoms with Gasteiger partial charge in [-0.15, -0.1) is 0 Å². The molecule has 0 radical (unpaired) electrons. The molecule has 0 bridgehead atoms. The molecule has 0 amide bonds. The van der Waals surface area contributed by atoms with E-state index in [-0.39, 0.29) is 0 Å². The van der Waals surface area contributed by atoms with E-state index < -0.39 is 22.9 Å². The van der Waals surface area contributed by atoms with Crippen LogP contribution in [0.5, 0.6) is 0 Å². The minimum Gasteiger partial charge on any atom is -0.237 e. The van der Waals surface area contributed by atoms with Gasteiger partial charge >= 0.3 is 6.18 Å². The molecule has 0 saturated carbocycles. The lowest BCUT2D eigenvalue weighted by Gasteiger charge is -2.11. The lowest BCUT2D eigenvalue weighted by Crippen LogP contribution is -2.25. The Kier molecular flexibility index (Phi) is 3.82. The Balaban J connectivity index is 3.73. The van der Waals surface area contributed by atoms with E-state index in [2.05, 4.69) is 0 Å². The molecule has 0 nitrogen and oxygen atoms in total. The average molecular weight is 274 g/mol. The summed E-state index contributed by atoms with van der Waals surface area (Å²) >= 11 is 1.09. The lowest BCUT2D eigenvalue weighted by atomic mass is 10.3. The van der Waals surface area contributed by atoms with Gasteiger partial charge in [-0.3, -0.25) is 0 Å². The summed E-state index contributed by atoms with van der Waals surface area (Å²) in [6.07, 6.45) is -9.08. The first-order valence-corrected chi connectivity index (χ1v) is 3.57. The van der Waals surface area contributed by atoms with E-state index in [0.29, 0.717) is 0 Å². The largest absolute Gasteiger partial charge is 0.419 e. The van der Waals surface area contributed by atoms with Crippen LogP contribution in [-0.2, 0) is 0 Å². The Morgan fingerprint density at radius 1 is 1.20 bits per heavy atom. The highest BCUT2D eigenvalue weighted by molar-refractivity contribution is 14.1. The number of rotatable bonds is 2. The van der Waals surface area contributed by atoms with Crippen molar-refractivity contribution in [2.45, 2.75) is 22.9 Å². The molecule has 10 heavy (non-hydrogen) atoms. The molecule has 0 rings (SSSR count). The van der Waals surface area contributed by atoms with E-state index in [1.54, 1.807) is 0 Å². The Morgan fingerprint density at radius 3 is 1.70 bits per heavy atom. The number of alkyl halides is 6. The van der Waals surface area contributed by atoms with Gasteiger partial charge in [-0.2, -0.15) is 13.2 Å². The fourth-order valence-corrected chi connectivity index (χ4v) is 0.737. The van der Waals surface area contributed by atoms with Gasteiger partial charge in [0.15, 0.2) is 10.4 Å². The number of halogens is 6. The van der Waals surface area contributed by atoms with E-state index in [1.165, 1.54) is 0 Å². The van der Waals surface area contributed by atoms with Gasteiger partial charge in [0, 0.05) is 6.42 Å². The van der Waals surface area contributed by atoms with Gasteiger partial charge in [-0.05, 0) is 22.6 Å². The molecule has 2 unspecified atom stereocenters. The van der Waals surface area contributed by atoms with Gasteiger partial charge < -0.3 is 0 Å². The van der Waals surface area contributed by atoms with Crippen LogP contribution >= 0.6 is 22.6 Å². The van der Waals surface area contributed by atoms with Crippen molar-refractivity contribution in [3.05, 3.63) is 0 Å². The number of hydrogen-bond donors (Lipinski definition) is 0. The average Bonchev–Trinajstić information content (AvgIpc) is 1.60. The second-order valence-corrected chi connectivity index (χ2v) is 2.99. The van der Waals surface area contributed by atoms with Gasteiger partial charge in [0.2, 0.25) is 0 Å². The van der Waals surface area contributed by atoms with E-state index in [9.17, 15) is 22.0 Å². The van der Waals surface area contributed by atoms with Crippen molar-refractivity contribution in [2.75, 3.05) is 0 Å². The molecule has 0 fully saturated rings. The third-order valence-electron chi connectivity index (χ3n) is 0.740. The Labute approximate surface area is 67.9 Å². The van der Waals surface area contributed by atoms with Gasteiger partial charge in [0.1, 0.15) is 0 Å². The first-order chi connectivity index (χ1) is 4.34. The van der Waals surface area contributed by atoms with Gasteiger partial charge in [0.05, 0.1) is 0 Å². The van der Waals surface area contributed by atoms with Gasteiger partial charge in [-0.25, -0.2) is 8.78 Å². The van der Waals surface area contributed by atoms with Crippen molar-refractivity contribution in [3.63, 3.8) is 0 Å². The van der Waals surface area contributed by atoms with Crippen LogP contribution in [0.1, 0.15) is 6.42 Å². The molecule has 2 atom stereocenters. The highest BCUT2D eigenvalue weighted by Gasteiger charge is 2.40. The van der Waals surface area contributed by atoms with Gasteiger partial charge in [-0.1, -0.05) is 0 Å². The highest BCUT2D eigenvalue weighted by atomic mass is 127. The third kappa shape index (κ3) is 4.24. The molecule has 0 aromatic rings. The van der Waals surface area contributed by atoms with E-state index in [1.807, 2.05) is 0 Å². The van der Waals surface area contributed by atoms with Crippen LogP contribution in [0, 0.1) is 0 Å². The fraction of sp³-hybridized carbons (Fsp3) is 1.00. The molecule has 0 heterocycles. The SMILES string of the molecule is FC(I)CC(F)C(F)(F)F. The molecule has 0 saturated heterocycles. The smallest absolute Gasteiger partial charge is 0.237 e. The predicted molar refractivity (Wildman–Crippen MR) is 34.5 cm³/mol. The molecule has 0 aromatic carbocycles. The summed E-state index contributed by atoms with van der Waals surface area (Å²) in [5.41, 5.74) is 0. The quantitative estimate of drug-likeness (QED) is 0.412. The zero-order valence-electron chi connectivity index (χ0n) is 4.63. The maximum atomic E-state index is 11.8. The van der Waals surface area contributed by atoms with Crippen LogP contribution in [-0.4, -0.2) is 16.5 Å². The monoisotopic (exact) mass is 274 g/mol. The molecule has 6 heteroatoms. The van der Waals surface area contributed by atoms with Crippen molar-refractivity contribution in [2.24, 2.45) is 0 Å². The minimum absolute atomic E-state index is 1.09. The van der Waals surface area contributed by atoms with E-state index in [0.717, 1.165) is 22.6 Å². The summed E-state index contributed by atoms with van der Waals surface area (Å²) in [5.74, 6) is 0. The molecule has 62 valence electrons. The summed E-state index contributed by atoms with van der Waals surface area (Å²) in [6.45, 7) is 0. The molecular weight excluding hydrogens is 270 g/mol. The summed E-state index contributed by atoms with van der Waals surface area (Å²) < 4.78 is 55.5. The van der Waals surface area contributed by atoms with Crippen molar-refractivity contribution in [3.8, 4) is 0 Å². The maximum Gasteiger partial charge on any atom is 0.419 e. The van der Waals surface area contributed by atoms with E-state index in [4.69, 9.17) is 0 Å². The van der Waals surface area contributed by atoms with Crippen LogP contribution in [0.15, 0.2) is 0 Å². The van der Waals surface area contributed by atoms with Crippen LogP contribution in [0.2, 0.25) is 0 Å². The summed E-state index contributed by atoms with van der Waals surface area (Å²) in [6, 6.07) is 0. The molecular formula is C4H4F5I. The zero-order chi connectivity index (χ0) is 8.36. The normalized spacial score (nSPS) is 18.6. The van der Waals surface area contributed by atoms with Crippen molar-refractivity contribution in [1.82, 2.24) is 0 Å². The second kappa shape index (κ2) is 3.68. The topological polar surface area (TPSA) is 0 Å². The molecule has 0 aliphatic heterocycles. The van der Waals surface area contributed by atoms with Crippen LogP contribution in [0.3, 0.4) is 0 Å². The Bertz CT molecular complexity index is 98.3. The molecule has 0 aliphatic rings. The summed E-state index contributed by atoms with van der Waals surface area (Å²) in [4.78, 5) is 0. The summed E-state index contributed by atoms with van der Waals surface area (Å²) in [5, 5.41) is 0. The summed E-state index contributed by atoms with van der Waals surface area (Å²) in [7, 11) is 0. The second-order valence-electron chi connectivity index (χ2n) is 1.64. The highest BCUT2D eigenvalue weighted by Crippen LogP contribution is 2.28. The fourth-order valence-electron chi connectivity index (χ4n) is 0.290. The molecule has 0 aliphatic carbocycles. The molecule has 0 spiro atoms. The van der Waals surface area contributed by atoms with Crippen LogP contribution in [0.25, 0.3) is 0 Å². The Morgan fingerprint density at radius 2 is 1.60 bits per heavy atom. The van der Waals surface area contributed by atoms with Gasteiger partial charge in [0.25, 0.3) is 0 Å². The first kappa shape index (κ1) is 10.4. The molecule has 0 aromatic heterocycles. The Hall–Kier alpha value is 0.380. The third-order valence-corrected chi connectivity index (χ3v) is 1.25.